The minimum atomic E-state index is -0.240. The summed E-state index contributed by atoms with van der Waals surface area (Å²) in [6, 6.07) is 12.5. The van der Waals surface area contributed by atoms with Gasteiger partial charge in [-0.15, -0.1) is 0 Å². The first-order valence-electron chi connectivity index (χ1n) is 6.55. The summed E-state index contributed by atoms with van der Waals surface area (Å²) in [7, 11) is 0. The number of phenolic OH excluding ortho intramolecular Hbond substituents is 1. The number of alkyl halides is 1. The van der Waals surface area contributed by atoms with E-state index in [1.54, 1.807) is 12.1 Å². The first-order chi connectivity index (χ1) is 10.1. The molecule has 2 N–H and O–H groups in total. The smallest absolute Gasteiger partial charge is 0.255 e. The van der Waals surface area contributed by atoms with E-state index in [2.05, 4.69) is 37.2 Å². The van der Waals surface area contributed by atoms with Crippen LogP contribution in [0.3, 0.4) is 0 Å². The van der Waals surface area contributed by atoms with Crippen molar-refractivity contribution in [3.05, 3.63) is 58.1 Å². The zero-order valence-electron chi connectivity index (χ0n) is 11.3. The van der Waals surface area contributed by atoms with Crippen LogP contribution in [0.25, 0.3) is 0 Å². The zero-order chi connectivity index (χ0) is 15.2. The van der Waals surface area contributed by atoms with Gasteiger partial charge in [0.1, 0.15) is 5.75 Å². The normalized spacial score (nSPS) is 10.4. The summed E-state index contributed by atoms with van der Waals surface area (Å²) >= 11 is 6.60. The second-order valence-electron chi connectivity index (χ2n) is 4.61. The molecule has 0 saturated heterocycles. The molecule has 21 heavy (non-hydrogen) atoms. The molecule has 2 rings (SSSR count). The molecule has 0 aromatic heterocycles. The topological polar surface area (TPSA) is 49.3 Å². The van der Waals surface area contributed by atoms with Crippen LogP contribution < -0.4 is 5.32 Å². The first kappa shape index (κ1) is 16.0. The average Bonchev–Trinajstić information content (AvgIpc) is 2.48. The largest absolute Gasteiger partial charge is 0.507 e. The molecule has 0 atom stereocenters. The van der Waals surface area contributed by atoms with E-state index >= 15 is 0 Å². The van der Waals surface area contributed by atoms with Gasteiger partial charge in [-0.05, 0) is 64.7 Å². The molecule has 0 spiro atoms. The van der Waals surface area contributed by atoms with E-state index in [1.807, 2.05) is 24.3 Å². The fourth-order valence-corrected chi connectivity index (χ4v) is 2.46. The molecule has 0 radical (unpaired) electrons. The molecule has 0 aliphatic carbocycles. The second-order valence-corrected chi connectivity index (χ2v) is 6.26. The molecular formula is C16H15Br2NO2. The van der Waals surface area contributed by atoms with Gasteiger partial charge >= 0.3 is 0 Å². The fourth-order valence-electron chi connectivity index (χ4n) is 1.93. The summed E-state index contributed by atoms with van der Waals surface area (Å²) < 4.78 is 0.566. The van der Waals surface area contributed by atoms with Gasteiger partial charge in [0.15, 0.2) is 0 Å². The molecule has 0 aliphatic rings. The number of aryl methyl sites for hydroxylation is 1. The maximum absolute atomic E-state index is 12.2. The highest BCUT2D eigenvalue weighted by atomic mass is 79.9. The number of carbonyl (C=O) groups excluding carboxylic acids is 1. The summed E-state index contributed by atoms with van der Waals surface area (Å²) in [6.07, 6.45) is 2.02. The molecule has 2 aromatic rings. The molecule has 0 bridgehead atoms. The number of rotatable bonds is 5. The number of carbonyl (C=O) groups is 1. The van der Waals surface area contributed by atoms with Crippen LogP contribution in [0.4, 0.5) is 5.69 Å². The molecule has 5 heteroatoms. The standard InChI is InChI=1S/C16H15Br2NO2/c17-8-2-4-11-3-1-5-13(9-11)19-16(21)12-6-7-14(18)15(20)10-12/h1,3,5-7,9-10,20H,2,4,8H2,(H,19,21). The Bertz CT molecular complexity index is 644. The Balaban J connectivity index is 2.10. The van der Waals surface area contributed by atoms with Crippen molar-refractivity contribution >= 4 is 43.5 Å². The van der Waals surface area contributed by atoms with E-state index in [4.69, 9.17) is 0 Å². The van der Waals surface area contributed by atoms with Gasteiger partial charge in [0.25, 0.3) is 5.91 Å². The molecule has 0 saturated carbocycles. The Morgan fingerprint density at radius 3 is 2.71 bits per heavy atom. The van der Waals surface area contributed by atoms with Crippen molar-refractivity contribution in [2.24, 2.45) is 0 Å². The summed E-state index contributed by atoms with van der Waals surface area (Å²) in [5.74, 6) is -0.191. The van der Waals surface area contributed by atoms with Gasteiger partial charge in [0.2, 0.25) is 0 Å². The third-order valence-corrected chi connectivity index (χ3v) is 4.22. The first-order valence-corrected chi connectivity index (χ1v) is 8.46. The lowest BCUT2D eigenvalue weighted by atomic mass is 10.1. The molecule has 0 heterocycles. The summed E-state index contributed by atoms with van der Waals surface area (Å²) in [6.45, 7) is 0. The van der Waals surface area contributed by atoms with Gasteiger partial charge in [-0.1, -0.05) is 28.1 Å². The maximum atomic E-state index is 12.2. The van der Waals surface area contributed by atoms with Crippen molar-refractivity contribution < 1.29 is 9.90 Å². The summed E-state index contributed by atoms with van der Waals surface area (Å²) in [5.41, 5.74) is 2.36. The van der Waals surface area contributed by atoms with Crippen molar-refractivity contribution in [3.63, 3.8) is 0 Å². The van der Waals surface area contributed by atoms with Crippen LogP contribution in [0, 0.1) is 0 Å². The molecule has 3 nitrogen and oxygen atoms in total. The Morgan fingerprint density at radius 1 is 1.19 bits per heavy atom. The summed E-state index contributed by atoms with van der Waals surface area (Å²) in [4.78, 5) is 12.2. The molecule has 0 aliphatic heterocycles. The third kappa shape index (κ3) is 4.58. The van der Waals surface area contributed by atoms with E-state index in [0.717, 1.165) is 23.9 Å². The number of hydrogen-bond acceptors (Lipinski definition) is 2. The third-order valence-electron chi connectivity index (χ3n) is 2.99. The van der Waals surface area contributed by atoms with Crippen LogP contribution in [0.1, 0.15) is 22.3 Å². The van der Waals surface area contributed by atoms with Gasteiger partial charge in [0, 0.05) is 16.6 Å². The number of hydrogen-bond donors (Lipinski definition) is 2. The highest BCUT2D eigenvalue weighted by Crippen LogP contribution is 2.24. The van der Waals surface area contributed by atoms with Crippen LogP contribution in [0.15, 0.2) is 46.9 Å². The minimum absolute atomic E-state index is 0.0497. The zero-order valence-corrected chi connectivity index (χ0v) is 14.4. The minimum Gasteiger partial charge on any atom is -0.507 e. The highest BCUT2D eigenvalue weighted by molar-refractivity contribution is 9.10. The second kappa shape index (κ2) is 7.61. The van der Waals surface area contributed by atoms with E-state index in [0.29, 0.717) is 10.0 Å². The quantitative estimate of drug-likeness (QED) is 0.697. The number of nitrogens with one attached hydrogen (secondary N) is 1. The van der Waals surface area contributed by atoms with Gasteiger partial charge < -0.3 is 10.4 Å². The van der Waals surface area contributed by atoms with Crippen molar-refractivity contribution in [1.29, 1.82) is 0 Å². The van der Waals surface area contributed by atoms with Crippen molar-refractivity contribution in [2.75, 3.05) is 10.6 Å². The molecule has 0 unspecified atom stereocenters. The predicted molar refractivity (Wildman–Crippen MR) is 92.3 cm³/mol. The molecule has 0 fully saturated rings. The molecule has 110 valence electrons. The fraction of sp³-hybridized carbons (Fsp3) is 0.188. The van der Waals surface area contributed by atoms with Crippen molar-refractivity contribution in [3.8, 4) is 5.75 Å². The number of amides is 1. The molecular weight excluding hydrogens is 398 g/mol. The predicted octanol–water partition coefficient (Wildman–Crippen LogP) is 4.73. The Labute approximate surface area is 140 Å². The monoisotopic (exact) mass is 411 g/mol. The van der Waals surface area contributed by atoms with Crippen molar-refractivity contribution in [1.82, 2.24) is 0 Å². The van der Waals surface area contributed by atoms with E-state index in [1.165, 1.54) is 11.6 Å². The lowest BCUT2D eigenvalue weighted by molar-refractivity contribution is 0.102. The van der Waals surface area contributed by atoms with Gasteiger partial charge in [-0.2, -0.15) is 0 Å². The van der Waals surface area contributed by atoms with Crippen LogP contribution >= 0.6 is 31.9 Å². The lowest BCUT2D eigenvalue weighted by Crippen LogP contribution is -2.11. The van der Waals surface area contributed by atoms with Gasteiger partial charge in [0.05, 0.1) is 4.47 Å². The average molecular weight is 413 g/mol. The van der Waals surface area contributed by atoms with Gasteiger partial charge in [-0.3, -0.25) is 4.79 Å². The number of aromatic hydroxyl groups is 1. The molecule has 1 amide bonds. The maximum Gasteiger partial charge on any atom is 0.255 e. The summed E-state index contributed by atoms with van der Waals surface area (Å²) in [5, 5.41) is 13.4. The number of benzene rings is 2. The van der Waals surface area contributed by atoms with Crippen molar-refractivity contribution in [2.45, 2.75) is 12.8 Å². The Hall–Kier alpha value is -1.33. The SMILES string of the molecule is O=C(Nc1cccc(CCCBr)c1)c1ccc(Br)c(O)c1. The van der Waals surface area contributed by atoms with Gasteiger partial charge in [-0.25, -0.2) is 0 Å². The highest BCUT2D eigenvalue weighted by Gasteiger charge is 2.09. The van der Waals surface area contributed by atoms with E-state index in [9.17, 15) is 9.90 Å². The van der Waals surface area contributed by atoms with Crippen LogP contribution in [0.2, 0.25) is 0 Å². The Kier molecular flexibility index (Phi) is 5.82. The molecule has 2 aromatic carbocycles. The number of halogens is 2. The van der Waals surface area contributed by atoms with Crippen LogP contribution in [0.5, 0.6) is 5.75 Å². The number of anilines is 1. The Morgan fingerprint density at radius 2 is 2.00 bits per heavy atom. The van der Waals surface area contributed by atoms with Crippen LogP contribution in [-0.4, -0.2) is 16.3 Å². The number of phenols is 1. The lowest BCUT2D eigenvalue weighted by Gasteiger charge is -2.08. The van der Waals surface area contributed by atoms with Crippen LogP contribution in [-0.2, 0) is 6.42 Å². The van der Waals surface area contributed by atoms with E-state index < -0.39 is 0 Å². The van der Waals surface area contributed by atoms with E-state index in [-0.39, 0.29) is 11.7 Å².